The summed E-state index contributed by atoms with van der Waals surface area (Å²) < 4.78 is 15.3. The Labute approximate surface area is 144 Å². The van der Waals surface area contributed by atoms with Crippen molar-refractivity contribution in [1.29, 1.82) is 0 Å². The third-order valence-corrected chi connectivity index (χ3v) is 4.04. The normalized spacial score (nSPS) is 11.0. The molecule has 0 aliphatic rings. The lowest BCUT2D eigenvalue weighted by Crippen LogP contribution is -2.09. The van der Waals surface area contributed by atoms with Gasteiger partial charge in [-0.05, 0) is 36.4 Å². The largest absolute Gasteiger partial charge is 0.376 e. The van der Waals surface area contributed by atoms with Gasteiger partial charge in [-0.1, -0.05) is 0 Å². The van der Waals surface area contributed by atoms with Gasteiger partial charge in [0.1, 0.15) is 11.6 Å². The van der Waals surface area contributed by atoms with E-state index in [-0.39, 0.29) is 5.82 Å². The highest BCUT2D eigenvalue weighted by atomic mass is 19.1. The van der Waals surface area contributed by atoms with Crippen LogP contribution in [0.3, 0.4) is 0 Å². The van der Waals surface area contributed by atoms with Crippen LogP contribution < -0.4 is 4.90 Å². The lowest BCUT2D eigenvalue weighted by Gasteiger charge is -2.14. The Balaban J connectivity index is 1.99. The highest BCUT2D eigenvalue weighted by Gasteiger charge is 2.15. The van der Waals surface area contributed by atoms with Crippen LogP contribution in [0, 0.1) is 5.82 Å². The molecule has 0 amide bonds. The zero-order chi connectivity index (χ0) is 17.4. The Morgan fingerprint density at radius 3 is 2.52 bits per heavy atom. The summed E-state index contributed by atoms with van der Waals surface area (Å²) >= 11 is 0. The Morgan fingerprint density at radius 1 is 0.960 bits per heavy atom. The number of fused-ring (bicyclic) bond motifs is 1. The molecule has 0 aliphatic carbocycles. The molecule has 0 fully saturated rings. The van der Waals surface area contributed by atoms with Crippen molar-refractivity contribution in [2.24, 2.45) is 0 Å². The molecule has 1 aromatic carbocycles. The van der Waals surface area contributed by atoms with Crippen molar-refractivity contribution in [1.82, 2.24) is 19.5 Å². The van der Waals surface area contributed by atoms with E-state index in [4.69, 9.17) is 4.98 Å². The predicted molar refractivity (Wildman–Crippen MR) is 96.4 cm³/mol. The molecule has 0 spiro atoms. The molecule has 4 aromatic rings. The summed E-state index contributed by atoms with van der Waals surface area (Å²) in [7, 11) is 3.93. The molecule has 25 heavy (non-hydrogen) atoms. The van der Waals surface area contributed by atoms with Crippen molar-refractivity contribution in [2.75, 3.05) is 19.0 Å². The van der Waals surface area contributed by atoms with E-state index < -0.39 is 0 Å². The van der Waals surface area contributed by atoms with Gasteiger partial charge >= 0.3 is 0 Å². The molecule has 6 heteroatoms. The van der Waals surface area contributed by atoms with Gasteiger partial charge in [0.25, 0.3) is 0 Å². The van der Waals surface area contributed by atoms with Crippen LogP contribution in [0.5, 0.6) is 0 Å². The van der Waals surface area contributed by atoms with Crippen LogP contribution in [0.1, 0.15) is 0 Å². The fourth-order valence-electron chi connectivity index (χ4n) is 2.76. The second-order valence-electron chi connectivity index (χ2n) is 5.94. The number of hydrogen-bond acceptors (Lipinski definition) is 4. The molecule has 0 atom stereocenters. The van der Waals surface area contributed by atoms with Gasteiger partial charge in [-0.3, -0.25) is 14.5 Å². The number of hydrogen-bond donors (Lipinski definition) is 0. The summed E-state index contributed by atoms with van der Waals surface area (Å²) in [6.07, 6.45) is 7.05. The van der Waals surface area contributed by atoms with E-state index in [0.717, 1.165) is 33.8 Å². The summed E-state index contributed by atoms with van der Waals surface area (Å²) in [6, 6.07) is 10.2. The first-order valence-electron chi connectivity index (χ1n) is 7.84. The third-order valence-electron chi connectivity index (χ3n) is 4.04. The molecule has 0 saturated heterocycles. The molecule has 124 valence electrons. The number of benzene rings is 1. The van der Waals surface area contributed by atoms with Crippen LogP contribution in [-0.4, -0.2) is 33.6 Å². The molecule has 4 rings (SSSR count). The second kappa shape index (κ2) is 5.98. The van der Waals surface area contributed by atoms with E-state index in [1.54, 1.807) is 36.9 Å². The number of aromatic nitrogens is 4. The fraction of sp³-hybridized carbons (Fsp3) is 0.105. The third kappa shape index (κ3) is 2.71. The maximum absolute atomic E-state index is 13.4. The highest BCUT2D eigenvalue weighted by molar-refractivity contribution is 5.82. The van der Waals surface area contributed by atoms with E-state index in [9.17, 15) is 4.39 Å². The van der Waals surface area contributed by atoms with Crippen molar-refractivity contribution in [3.8, 4) is 17.1 Å². The monoisotopic (exact) mass is 333 g/mol. The molecule has 0 N–H and O–H groups in total. The Bertz CT molecular complexity index is 1040. The van der Waals surface area contributed by atoms with Crippen LogP contribution in [-0.2, 0) is 0 Å². The van der Waals surface area contributed by atoms with E-state index in [1.165, 1.54) is 12.1 Å². The second-order valence-corrected chi connectivity index (χ2v) is 5.94. The molecule has 3 heterocycles. The molecule has 0 aliphatic heterocycles. The molecule has 3 aromatic heterocycles. The Morgan fingerprint density at radius 2 is 1.76 bits per heavy atom. The minimum Gasteiger partial charge on any atom is -0.376 e. The molecular formula is C19H16FN5. The van der Waals surface area contributed by atoms with Crippen molar-refractivity contribution in [2.45, 2.75) is 0 Å². The summed E-state index contributed by atoms with van der Waals surface area (Å²) in [5, 5.41) is 0. The Kier molecular flexibility index (Phi) is 3.65. The average Bonchev–Trinajstić information content (AvgIpc) is 3.02. The van der Waals surface area contributed by atoms with Crippen molar-refractivity contribution in [3.63, 3.8) is 0 Å². The van der Waals surface area contributed by atoms with Gasteiger partial charge in [0.2, 0.25) is 0 Å². The maximum Gasteiger partial charge on any atom is 0.147 e. The lowest BCUT2D eigenvalue weighted by atomic mass is 10.2. The van der Waals surface area contributed by atoms with E-state index >= 15 is 0 Å². The topological polar surface area (TPSA) is 46.8 Å². The number of anilines is 1. The van der Waals surface area contributed by atoms with E-state index in [0.29, 0.717) is 0 Å². The van der Waals surface area contributed by atoms with Crippen molar-refractivity contribution in [3.05, 3.63) is 67.0 Å². The first-order valence-corrected chi connectivity index (χ1v) is 7.84. The number of rotatable bonds is 3. The molecule has 0 bridgehead atoms. The number of nitrogens with zero attached hydrogens (tertiary/aromatic N) is 5. The summed E-state index contributed by atoms with van der Waals surface area (Å²) in [5.41, 5.74) is 4.37. The van der Waals surface area contributed by atoms with Crippen molar-refractivity contribution < 1.29 is 4.39 Å². The maximum atomic E-state index is 13.4. The van der Waals surface area contributed by atoms with E-state index in [1.807, 2.05) is 35.7 Å². The van der Waals surface area contributed by atoms with Gasteiger partial charge in [0.05, 0.1) is 29.1 Å². The van der Waals surface area contributed by atoms with Crippen LogP contribution >= 0.6 is 0 Å². The smallest absolute Gasteiger partial charge is 0.147 e. The van der Waals surface area contributed by atoms with Crippen molar-refractivity contribution >= 4 is 16.7 Å². The summed E-state index contributed by atoms with van der Waals surface area (Å²) in [5.74, 6) is 0.468. The van der Waals surface area contributed by atoms with Gasteiger partial charge in [-0.2, -0.15) is 0 Å². The van der Waals surface area contributed by atoms with E-state index in [2.05, 4.69) is 9.97 Å². The number of pyridine rings is 2. The standard InChI is InChI=1S/C19H16FN5/c1-24(2)16-9-13(10-22-11-16)19-23-17-7-8-21-12-18(17)25(19)15-5-3-14(20)4-6-15/h3-12H,1-2H3. The van der Waals surface area contributed by atoms with Gasteiger partial charge in [-0.25, -0.2) is 9.37 Å². The van der Waals surface area contributed by atoms with Gasteiger partial charge in [-0.15, -0.1) is 0 Å². The summed E-state index contributed by atoms with van der Waals surface area (Å²) in [6.45, 7) is 0. The molecular weight excluding hydrogens is 317 g/mol. The quantitative estimate of drug-likeness (QED) is 0.574. The zero-order valence-electron chi connectivity index (χ0n) is 13.9. The molecule has 0 unspecified atom stereocenters. The van der Waals surface area contributed by atoms with Gasteiger partial charge in [0.15, 0.2) is 0 Å². The predicted octanol–water partition coefficient (Wildman–Crippen LogP) is 3.69. The average molecular weight is 333 g/mol. The fourth-order valence-corrected chi connectivity index (χ4v) is 2.76. The van der Waals surface area contributed by atoms with Crippen LogP contribution in [0.25, 0.3) is 28.1 Å². The molecule has 0 saturated carbocycles. The summed E-state index contributed by atoms with van der Waals surface area (Å²) in [4.78, 5) is 15.3. The van der Waals surface area contributed by atoms with Gasteiger partial charge < -0.3 is 4.90 Å². The molecule has 0 radical (unpaired) electrons. The minimum atomic E-state index is -0.274. The lowest BCUT2D eigenvalue weighted by molar-refractivity contribution is 0.627. The first-order chi connectivity index (χ1) is 12.1. The Hall–Kier alpha value is -3.28. The first kappa shape index (κ1) is 15.3. The van der Waals surface area contributed by atoms with Crippen LogP contribution in [0.4, 0.5) is 10.1 Å². The SMILES string of the molecule is CN(C)c1cncc(-c2nc3ccncc3n2-c2ccc(F)cc2)c1. The highest BCUT2D eigenvalue weighted by Crippen LogP contribution is 2.29. The van der Waals surface area contributed by atoms with Crippen LogP contribution in [0.15, 0.2) is 61.2 Å². The van der Waals surface area contributed by atoms with Crippen LogP contribution in [0.2, 0.25) is 0 Å². The number of halogens is 1. The van der Waals surface area contributed by atoms with Gasteiger partial charge in [0, 0.05) is 37.7 Å². The molecule has 5 nitrogen and oxygen atoms in total. The number of imidazole rings is 1. The minimum absolute atomic E-state index is 0.274. The zero-order valence-corrected chi connectivity index (χ0v) is 13.9.